The van der Waals surface area contributed by atoms with Crippen LogP contribution in [-0.4, -0.2) is 32.3 Å². The second-order valence-corrected chi connectivity index (χ2v) is 7.56. The van der Waals surface area contributed by atoms with Crippen molar-refractivity contribution < 1.29 is 8.42 Å². The van der Waals surface area contributed by atoms with Gasteiger partial charge in [0.05, 0.1) is 5.25 Å². The van der Waals surface area contributed by atoms with Crippen LogP contribution < -0.4 is 10.0 Å². The van der Waals surface area contributed by atoms with E-state index in [0.29, 0.717) is 12.6 Å². The van der Waals surface area contributed by atoms with E-state index in [0.717, 1.165) is 25.7 Å². The standard InChI is InChI=1S/C13H30N2O2S/c1-6-7-8-9-12(4)15-18(16,17)13(5)10-14-11(2)3/h11-15H,6-10H2,1-5H3. The number of hydrogen-bond donors (Lipinski definition) is 2. The summed E-state index contributed by atoms with van der Waals surface area (Å²) >= 11 is 0. The Morgan fingerprint density at radius 2 is 1.67 bits per heavy atom. The maximum absolute atomic E-state index is 12.0. The zero-order valence-electron chi connectivity index (χ0n) is 12.5. The van der Waals surface area contributed by atoms with Crippen LogP contribution in [0.2, 0.25) is 0 Å². The zero-order valence-corrected chi connectivity index (χ0v) is 13.3. The van der Waals surface area contributed by atoms with Gasteiger partial charge in [0.15, 0.2) is 0 Å². The Labute approximate surface area is 113 Å². The highest BCUT2D eigenvalue weighted by atomic mass is 32.2. The fraction of sp³-hybridized carbons (Fsp3) is 1.00. The van der Waals surface area contributed by atoms with Gasteiger partial charge in [-0.3, -0.25) is 0 Å². The van der Waals surface area contributed by atoms with Gasteiger partial charge < -0.3 is 5.32 Å². The van der Waals surface area contributed by atoms with E-state index < -0.39 is 15.3 Å². The predicted molar refractivity (Wildman–Crippen MR) is 78.3 cm³/mol. The molecule has 5 heteroatoms. The molecule has 0 saturated heterocycles. The van der Waals surface area contributed by atoms with Gasteiger partial charge in [-0.25, -0.2) is 13.1 Å². The lowest BCUT2D eigenvalue weighted by Gasteiger charge is -2.19. The Morgan fingerprint density at radius 1 is 1.06 bits per heavy atom. The molecule has 0 amide bonds. The third-order valence-electron chi connectivity index (χ3n) is 2.95. The number of unbranched alkanes of at least 4 members (excludes halogenated alkanes) is 2. The number of hydrogen-bond acceptors (Lipinski definition) is 3. The Hall–Kier alpha value is -0.130. The summed E-state index contributed by atoms with van der Waals surface area (Å²) in [6.07, 6.45) is 4.32. The maximum Gasteiger partial charge on any atom is 0.215 e. The van der Waals surface area contributed by atoms with Crippen molar-refractivity contribution in [3.05, 3.63) is 0 Å². The minimum absolute atomic E-state index is 0.0306. The predicted octanol–water partition coefficient (Wildman–Crippen LogP) is 2.26. The lowest BCUT2D eigenvalue weighted by Crippen LogP contribution is -2.43. The first kappa shape index (κ1) is 17.9. The van der Waals surface area contributed by atoms with Crippen LogP contribution in [0.1, 0.15) is 60.3 Å². The maximum atomic E-state index is 12.0. The molecule has 0 aliphatic carbocycles. The van der Waals surface area contributed by atoms with Gasteiger partial charge in [0, 0.05) is 18.6 Å². The molecule has 0 bridgehead atoms. The summed E-state index contributed by atoms with van der Waals surface area (Å²) in [5.41, 5.74) is 0. The van der Waals surface area contributed by atoms with Gasteiger partial charge in [0.25, 0.3) is 0 Å². The molecule has 0 aromatic rings. The molecule has 0 aliphatic rings. The molecule has 2 atom stereocenters. The van der Waals surface area contributed by atoms with E-state index in [1.54, 1.807) is 6.92 Å². The molecule has 0 aromatic carbocycles. The number of sulfonamides is 1. The first-order valence-corrected chi connectivity index (χ1v) is 8.58. The highest BCUT2D eigenvalue weighted by Crippen LogP contribution is 2.06. The topological polar surface area (TPSA) is 58.2 Å². The van der Waals surface area contributed by atoms with Crippen LogP contribution >= 0.6 is 0 Å². The van der Waals surface area contributed by atoms with Crippen LogP contribution in [0.15, 0.2) is 0 Å². The summed E-state index contributed by atoms with van der Waals surface area (Å²) in [7, 11) is -3.20. The molecule has 0 spiro atoms. The van der Waals surface area contributed by atoms with Gasteiger partial charge in [-0.1, -0.05) is 40.0 Å². The Morgan fingerprint density at radius 3 is 2.17 bits per heavy atom. The van der Waals surface area contributed by atoms with Crippen LogP contribution in [0.3, 0.4) is 0 Å². The third kappa shape index (κ3) is 8.06. The van der Waals surface area contributed by atoms with Crippen molar-refractivity contribution in [2.24, 2.45) is 0 Å². The van der Waals surface area contributed by atoms with Crippen LogP contribution in [0, 0.1) is 0 Å². The van der Waals surface area contributed by atoms with Crippen molar-refractivity contribution in [2.45, 2.75) is 77.6 Å². The summed E-state index contributed by atoms with van der Waals surface area (Å²) in [6.45, 7) is 10.4. The highest BCUT2D eigenvalue weighted by Gasteiger charge is 2.22. The summed E-state index contributed by atoms with van der Waals surface area (Å²) in [6, 6.07) is 0.340. The molecule has 2 unspecified atom stereocenters. The molecular formula is C13H30N2O2S. The molecule has 0 radical (unpaired) electrons. The summed E-state index contributed by atoms with van der Waals surface area (Å²) in [4.78, 5) is 0. The quantitative estimate of drug-likeness (QED) is 0.603. The van der Waals surface area contributed by atoms with E-state index in [1.165, 1.54) is 0 Å². The van der Waals surface area contributed by atoms with E-state index in [4.69, 9.17) is 0 Å². The summed E-state index contributed by atoms with van der Waals surface area (Å²) in [5, 5.41) is 2.76. The molecule has 0 saturated carbocycles. The van der Waals surface area contributed by atoms with Gasteiger partial charge in [0.1, 0.15) is 0 Å². The van der Waals surface area contributed by atoms with E-state index in [1.807, 2.05) is 20.8 Å². The molecule has 18 heavy (non-hydrogen) atoms. The van der Waals surface area contributed by atoms with E-state index >= 15 is 0 Å². The number of rotatable bonds is 10. The van der Waals surface area contributed by atoms with E-state index in [9.17, 15) is 8.42 Å². The average molecular weight is 278 g/mol. The molecule has 4 nitrogen and oxygen atoms in total. The fourth-order valence-corrected chi connectivity index (χ4v) is 2.89. The van der Waals surface area contributed by atoms with Crippen molar-refractivity contribution in [3.8, 4) is 0 Å². The van der Waals surface area contributed by atoms with Crippen molar-refractivity contribution >= 4 is 10.0 Å². The van der Waals surface area contributed by atoms with Gasteiger partial charge >= 0.3 is 0 Å². The SMILES string of the molecule is CCCCCC(C)NS(=O)(=O)C(C)CNC(C)C. The van der Waals surface area contributed by atoms with Crippen molar-refractivity contribution in [1.29, 1.82) is 0 Å². The normalized spacial score (nSPS) is 15.9. The monoisotopic (exact) mass is 278 g/mol. The third-order valence-corrected chi connectivity index (χ3v) is 4.91. The highest BCUT2D eigenvalue weighted by molar-refractivity contribution is 7.90. The van der Waals surface area contributed by atoms with Crippen LogP contribution in [0.4, 0.5) is 0 Å². The minimum atomic E-state index is -3.20. The first-order valence-electron chi connectivity index (χ1n) is 7.04. The molecule has 0 fully saturated rings. The Balaban J connectivity index is 4.11. The van der Waals surface area contributed by atoms with Crippen molar-refractivity contribution in [2.75, 3.05) is 6.54 Å². The second kappa shape index (κ2) is 8.88. The van der Waals surface area contributed by atoms with E-state index in [-0.39, 0.29) is 6.04 Å². The van der Waals surface area contributed by atoms with Crippen molar-refractivity contribution in [3.63, 3.8) is 0 Å². The molecule has 0 heterocycles. The Bertz CT molecular complexity index is 302. The second-order valence-electron chi connectivity index (χ2n) is 5.43. The van der Waals surface area contributed by atoms with Gasteiger partial charge in [0.2, 0.25) is 10.0 Å². The summed E-state index contributed by atoms with van der Waals surface area (Å²) in [5.74, 6) is 0. The fourth-order valence-electron chi connectivity index (χ4n) is 1.67. The van der Waals surface area contributed by atoms with Gasteiger partial charge in [-0.05, 0) is 20.3 Å². The summed E-state index contributed by atoms with van der Waals surface area (Å²) < 4.78 is 26.8. The Kier molecular flexibility index (Phi) is 8.82. The number of nitrogens with one attached hydrogen (secondary N) is 2. The van der Waals surface area contributed by atoms with Gasteiger partial charge in [-0.2, -0.15) is 0 Å². The van der Waals surface area contributed by atoms with Crippen molar-refractivity contribution in [1.82, 2.24) is 10.0 Å². The largest absolute Gasteiger partial charge is 0.313 e. The lowest BCUT2D eigenvalue weighted by atomic mass is 10.1. The molecular weight excluding hydrogens is 248 g/mol. The smallest absolute Gasteiger partial charge is 0.215 e. The molecule has 0 rings (SSSR count). The lowest BCUT2D eigenvalue weighted by molar-refractivity contribution is 0.509. The first-order chi connectivity index (χ1) is 8.29. The van der Waals surface area contributed by atoms with Crippen LogP contribution in [0.5, 0.6) is 0 Å². The molecule has 0 aromatic heterocycles. The van der Waals surface area contributed by atoms with Gasteiger partial charge in [-0.15, -0.1) is 0 Å². The van der Waals surface area contributed by atoms with Crippen LogP contribution in [-0.2, 0) is 10.0 Å². The molecule has 0 aliphatic heterocycles. The zero-order chi connectivity index (χ0) is 14.2. The average Bonchev–Trinajstić information content (AvgIpc) is 2.25. The van der Waals surface area contributed by atoms with Crippen LogP contribution in [0.25, 0.3) is 0 Å². The molecule has 110 valence electrons. The van der Waals surface area contributed by atoms with E-state index in [2.05, 4.69) is 17.0 Å². The molecule has 2 N–H and O–H groups in total. The minimum Gasteiger partial charge on any atom is -0.313 e.